The molecule has 3 aromatic rings. The zero-order valence-corrected chi connectivity index (χ0v) is 16.5. The SMILES string of the molecule is COCCCNC(=O)c1cc(Nc2ccccc2OC)nc(-c2ccccc2)n1. The predicted octanol–water partition coefficient (Wildman–Crippen LogP) is 3.66. The maximum Gasteiger partial charge on any atom is 0.270 e. The van der Waals surface area contributed by atoms with Crippen LogP contribution in [0.2, 0.25) is 0 Å². The summed E-state index contributed by atoms with van der Waals surface area (Å²) in [5, 5.41) is 6.09. The molecule has 0 unspecified atom stereocenters. The number of rotatable bonds is 9. The second kappa shape index (κ2) is 10.2. The molecule has 2 aromatic carbocycles. The maximum absolute atomic E-state index is 12.6. The molecule has 0 atom stereocenters. The van der Waals surface area contributed by atoms with Crippen LogP contribution in [0.25, 0.3) is 11.4 Å². The van der Waals surface area contributed by atoms with Gasteiger partial charge in [-0.2, -0.15) is 0 Å². The van der Waals surface area contributed by atoms with Crippen molar-refractivity contribution in [3.63, 3.8) is 0 Å². The second-order valence-electron chi connectivity index (χ2n) is 6.26. The maximum atomic E-state index is 12.6. The number of para-hydroxylation sites is 2. The number of anilines is 2. The fraction of sp³-hybridized carbons (Fsp3) is 0.227. The van der Waals surface area contributed by atoms with E-state index in [1.165, 1.54) is 0 Å². The topological polar surface area (TPSA) is 85.4 Å². The lowest BCUT2D eigenvalue weighted by molar-refractivity contribution is 0.0943. The number of benzene rings is 2. The van der Waals surface area contributed by atoms with Gasteiger partial charge in [0.2, 0.25) is 0 Å². The molecule has 0 bridgehead atoms. The molecule has 0 aliphatic rings. The summed E-state index contributed by atoms with van der Waals surface area (Å²) >= 11 is 0. The van der Waals surface area contributed by atoms with Crippen LogP contribution < -0.4 is 15.4 Å². The minimum atomic E-state index is -0.260. The van der Waals surface area contributed by atoms with E-state index < -0.39 is 0 Å². The highest BCUT2D eigenvalue weighted by atomic mass is 16.5. The molecule has 0 saturated carbocycles. The van der Waals surface area contributed by atoms with Crippen molar-refractivity contribution in [3.8, 4) is 17.1 Å². The monoisotopic (exact) mass is 392 g/mol. The molecule has 0 saturated heterocycles. The third-order valence-corrected chi connectivity index (χ3v) is 4.17. The van der Waals surface area contributed by atoms with Crippen molar-refractivity contribution in [1.82, 2.24) is 15.3 Å². The zero-order valence-electron chi connectivity index (χ0n) is 16.5. The van der Waals surface area contributed by atoms with Gasteiger partial charge in [-0.25, -0.2) is 9.97 Å². The van der Waals surface area contributed by atoms with E-state index in [1.54, 1.807) is 20.3 Å². The van der Waals surface area contributed by atoms with Crippen LogP contribution >= 0.6 is 0 Å². The first-order valence-corrected chi connectivity index (χ1v) is 9.33. The van der Waals surface area contributed by atoms with Crippen molar-refractivity contribution in [3.05, 3.63) is 66.4 Å². The number of methoxy groups -OCH3 is 2. The van der Waals surface area contributed by atoms with Crippen LogP contribution in [0.1, 0.15) is 16.9 Å². The van der Waals surface area contributed by atoms with Gasteiger partial charge in [0.15, 0.2) is 5.82 Å². The van der Waals surface area contributed by atoms with E-state index in [4.69, 9.17) is 9.47 Å². The number of amides is 1. The lowest BCUT2D eigenvalue weighted by atomic mass is 10.2. The summed E-state index contributed by atoms with van der Waals surface area (Å²) in [6.45, 7) is 1.09. The van der Waals surface area contributed by atoms with Crippen molar-refractivity contribution in [1.29, 1.82) is 0 Å². The van der Waals surface area contributed by atoms with Gasteiger partial charge in [-0.05, 0) is 18.6 Å². The lowest BCUT2D eigenvalue weighted by Crippen LogP contribution is -2.26. The summed E-state index contributed by atoms with van der Waals surface area (Å²) in [4.78, 5) is 21.7. The summed E-state index contributed by atoms with van der Waals surface area (Å²) in [5.41, 5.74) is 1.86. The van der Waals surface area contributed by atoms with E-state index in [1.807, 2.05) is 54.6 Å². The Morgan fingerprint density at radius 1 is 1.00 bits per heavy atom. The molecule has 7 nitrogen and oxygen atoms in total. The Kier molecular flexibility index (Phi) is 7.13. The van der Waals surface area contributed by atoms with Gasteiger partial charge in [-0.3, -0.25) is 4.79 Å². The zero-order chi connectivity index (χ0) is 20.5. The number of hydrogen-bond acceptors (Lipinski definition) is 6. The Bertz CT molecular complexity index is 948. The molecule has 150 valence electrons. The molecular formula is C22H24N4O3. The van der Waals surface area contributed by atoms with Gasteiger partial charge in [0.05, 0.1) is 12.8 Å². The average molecular weight is 392 g/mol. The van der Waals surface area contributed by atoms with E-state index in [-0.39, 0.29) is 11.6 Å². The van der Waals surface area contributed by atoms with Crippen molar-refractivity contribution >= 4 is 17.4 Å². The molecular weight excluding hydrogens is 368 g/mol. The van der Waals surface area contributed by atoms with Crippen LogP contribution in [-0.4, -0.2) is 43.2 Å². The van der Waals surface area contributed by atoms with Crippen molar-refractivity contribution in [2.24, 2.45) is 0 Å². The molecule has 0 radical (unpaired) electrons. The van der Waals surface area contributed by atoms with Gasteiger partial charge in [-0.15, -0.1) is 0 Å². The van der Waals surface area contributed by atoms with Gasteiger partial charge in [0.1, 0.15) is 17.3 Å². The quantitative estimate of drug-likeness (QED) is 0.541. The standard InChI is InChI=1S/C22H24N4O3/c1-28-14-8-13-23-22(27)18-15-20(24-17-11-6-7-12-19(17)29-2)26-21(25-18)16-9-4-3-5-10-16/h3-7,9-12,15H,8,13-14H2,1-2H3,(H,23,27)(H,24,25,26). The number of nitrogens with zero attached hydrogens (tertiary/aromatic N) is 2. The molecule has 1 heterocycles. The van der Waals surface area contributed by atoms with Gasteiger partial charge in [0.25, 0.3) is 5.91 Å². The molecule has 1 aromatic heterocycles. The van der Waals surface area contributed by atoms with Crippen LogP contribution in [0.3, 0.4) is 0 Å². The van der Waals surface area contributed by atoms with E-state index in [0.717, 1.165) is 17.7 Å². The number of ether oxygens (including phenoxy) is 2. The fourth-order valence-corrected chi connectivity index (χ4v) is 2.74. The highest BCUT2D eigenvalue weighted by Gasteiger charge is 2.14. The van der Waals surface area contributed by atoms with E-state index >= 15 is 0 Å². The van der Waals surface area contributed by atoms with E-state index in [0.29, 0.717) is 30.5 Å². The predicted molar refractivity (Wildman–Crippen MR) is 113 cm³/mol. The molecule has 1 amide bonds. The molecule has 3 rings (SSSR count). The van der Waals surface area contributed by atoms with Gasteiger partial charge in [-0.1, -0.05) is 42.5 Å². The van der Waals surface area contributed by atoms with Gasteiger partial charge in [0, 0.05) is 31.9 Å². The van der Waals surface area contributed by atoms with Crippen LogP contribution in [0, 0.1) is 0 Å². The molecule has 0 spiro atoms. The van der Waals surface area contributed by atoms with Crippen molar-refractivity contribution in [2.45, 2.75) is 6.42 Å². The Hall–Kier alpha value is -3.45. The number of carbonyl (C=O) groups is 1. The first-order valence-electron chi connectivity index (χ1n) is 9.33. The molecule has 0 aliphatic carbocycles. The number of hydrogen-bond donors (Lipinski definition) is 2. The minimum Gasteiger partial charge on any atom is -0.495 e. The fourth-order valence-electron chi connectivity index (χ4n) is 2.74. The van der Waals surface area contributed by atoms with E-state index in [9.17, 15) is 4.79 Å². The number of nitrogens with one attached hydrogen (secondary N) is 2. The Morgan fingerprint density at radius 3 is 2.52 bits per heavy atom. The molecule has 0 fully saturated rings. The first-order chi connectivity index (χ1) is 14.2. The van der Waals surface area contributed by atoms with Gasteiger partial charge < -0.3 is 20.1 Å². The van der Waals surface area contributed by atoms with Crippen molar-refractivity contribution in [2.75, 3.05) is 32.7 Å². The van der Waals surface area contributed by atoms with Gasteiger partial charge >= 0.3 is 0 Å². The van der Waals surface area contributed by atoms with E-state index in [2.05, 4.69) is 20.6 Å². The highest BCUT2D eigenvalue weighted by molar-refractivity contribution is 5.93. The smallest absolute Gasteiger partial charge is 0.270 e. The van der Waals surface area contributed by atoms with Crippen LogP contribution in [0.15, 0.2) is 60.7 Å². The summed E-state index contributed by atoms with van der Waals surface area (Å²) < 4.78 is 10.4. The summed E-state index contributed by atoms with van der Waals surface area (Å²) in [7, 11) is 3.24. The Morgan fingerprint density at radius 2 is 1.76 bits per heavy atom. The lowest BCUT2D eigenvalue weighted by Gasteiger charge is -2.13. The average Bonchev–Trinajstić information content (AvgIpc) is 2.77. The Labute approximate surface area is 170 Å². The van der Waals surface area contributed by atoms with Crippen LogP contribution in [-0.2, 0) is 4.74 Å². The highest BCUT2D eigenvalue weighted by Crippen LogP contribution is 2.27. The number of carbonyl (C=O) groups excluding carboxylic acids is 1. The summed E-state index contributed by atoms with van der Waals surface area (Å²) in [6, 6.07) is 18.7. The molecule has 2 N–H and O–H groups in total. The largest absolute Gasteiger partial charge is 0.495 e. The second-order valence-corrected chi connectivity index (χ2v) is 6.26. The van der Waals surface area contributed by atoms with Crippen LogP contribution in [0.4, 0.5) is 11.5 Å². The molecule has 7 heteroatoms. The minimum absolute atomic E-state index is 0.260. The summed E-state index contributed by atoms with van der Waals surface area (Å²) in [6.07, 6.45) is 0.727. The van der Waals surface area contributed by atoms with Crippen LogP contribution in [0.5, 0.6) is 5.75 Å². The first kappa shape index (κ1) is 20.3. The normalized spacial score (nSPS) is 10.4. The molecule has 29 heavy (non-hydrogen) atoms. The molecule has 0 aliphatic heterocycles. The summed E-state index contributed by atoms with van der Waals surface area (Å²) in [5.74, 6) is 1.39. The number of aromatic nitrogens is 2. The Balaban J connectivity index is 1.91. The third-order valence-electron chi connectivity index (χ3n) is 4.17. The third kappa shape index (κ3) is 5.52. The van der Waals surface area contributed by atoms with Crippen molar-refractivity contribution < 1.29 is 14.3 Å².